The second-order valence-corrected chi connectivity index (χ2v) is 6.91. The number of para-hydroxylation sites is 2. The molecule has 130 valence electrons. The van der Waals surface area contributed by atoms with E-state index in [-0.39, 0.29) is 0 Å². The first-order valence-corrected chi connectivity index (χ1v) is 9.30. The normalized spacial score (nSPS) is 12.1. The van der Waals surface area contributed by atoms with E-state index in [9.17, 15) is 0 Å². The van der Waals surface area contributed by atoms with Gasteiger partial charge >= 0.3 is 0 Å². The van der Waals surface area contributed by atoms with Crippen molar-refractivity contribution in [3.8, 4) is 5.75 Å². The Hall–Kier alpha value is -2.78. The molecule has 3 aromatic carbocycles. The van der Waals surface area contributed by atoms with E-state index >= 15 is 0 Å². The standard InChI is InChI=1S/C23H21NOS/c1-18-11-9-10-16-22(18)25-17-19(2)23(24-20-12-5-3-6-13-20)26-21-14-7-4-8-15-21/h3-17H,1-2H3. The molecule has 0 aromatic heterocycles. The predicted molar refractivity (Wildman–Crippen MR) is 111 cm³/mol. The Morgan fingerprint density at radius 3 is 2.15 bits per heavy atom. The first-order valence-electron chi connectivity index (χ1n) is 8.48. The highest BCUT2D eigenvalue weighted by Gasteiger charge is 2.07. The lowest BCUT2D eigenvalue weighted by molar-refractivity contribution is 0.474. The Morgan fingerprint density at radius 1 is 0.846 bits per heavy atom. The first kappa shape index (κ1) is 18.0. The summed E-state index contributed by atoms with van der Waals surface area (Å²) in [7, 11) is 0. The van der Waals surface area contributed by atoms with Crippen molar-refractivity contribution in [3.05, 3.63) is 102 Å². The van der Waals surface area contributed by atoms with E-state index in [1.54, 1.807) is 18.0 Å². The van der Waals surface area contributed by atoms with E-state index in [1.165, 1.54) is 0 Å². The van der Waals surface area contributed by atoms with Gasteiger partial charge in [-0.05, 0) is 49.7 Å². The molecule has 0 heterocycles. The average molecular weight is 359 g/mol. The summed E-state index contributed by atoms with van der Waals surface area (Å²) in [6.45, 7) is 4.06. The van der Waals surface area contributed by atoms with Gasteiger partial charge in [0.2, 0.25) is 0 Å². The van der Waals surface area contributed by atoms with Crippen molar-refractivity contribution in [1.82, 2.24) is 0 Å². The number of aryl methyl sites for hydroxylation is 1. The Balaban J connectivity index is 1.88. The minimum atomic E-state index is 0.857. The quantitative estimate of drug-likeness (QED) is 0.216. The molecule has 0 atom stereocenters. The van der Waals surface area contributed by atoms with Crippen molar-refractivity contribution in [1.29, 1.82) is 0 Å². The maximum Gasteiger partial charge on any atom is 0.129 e. The highest BCUT2D eigenvalue weighted by atomic mass is 32.2. The molecule has 0 amide bonds. The Labute approximate surface area is 159 Å². The zero-order valence-electron chi connectivity index (χ0n) is 14.9. The minimum Gasteiger partial charge on any atom is -0.464 e. The van der Waals surface area contributed by atoms with Gasteiger partial charge in [0.15, 0.2) is 0 Å². The van der Waals surface area contributed by atoms with Crippen molar-refractivity contribution in [3.63, 3.8) is 0 Å². The van der Waals surface area contributed by atoms with Crippen LogP contribution in [0.3, 0.4) is 0 Å². The van der Waals surface area contributed by atoms with E-state index in [0.717, 1.165) is 32.5 Å². The first-order chi connectivity index (χ1) is 12.7. The minimum absolute atomic E-state index is 0.857. The van der Waals surface area contributed by atoms with E-state index in [4.69, 9.17) is 9.73 Å². The van der Waals surface area contributed by atoms with Crippen molar-refractivity contribution < 1.29 is 4.74 Å². The molecule has 0 radical (unpaired) electrons. The van der Waals surface area contributed by atoms with Crippen LogP contribution in [0, 0.1) is 6.92 Å². The lowest BCUT2D eigenvalue weighted by Crippen LogP contribution is -1.97. The van der Waals surface area contributed by atoms with Crippen molar-refractivity contribution >= 4 is 22.5 Å². The van der Waals surface area contributed by atoms with Crippen LogP contribution in [0.25, 0.3) is 0 Å². The molecule has 0 saturated heterocycles. The molecule has 0 unspecified atom stereocenters. The average Bonchev–Trinajstić information content (AvgIpc) is 2.68. The van der Waals surface area contributed by atoms with Crippen LogP contribution in [0.5, 0.6) is 5.75 Å². The third-order valence-corrected chi connectivity index (χ3v) is 4.85. The molecule has 0 aliphatic rings. The van der Waals surface area contributed by atoms with Gasteiger partial charge in [-0.25, -0.2) is 4.99 Å². The molecule has 3 rings (SSSR count). The van der Waals surface area contributed by atoms with Gasteiger partial charge in [-0.15, -0.1) is 0 Å². The molecule has 0 N–H and O–H groups in total. The number of aliphatic imine (C=N–C) groups is 1. The predicted octanol–water partition coefficient (Wildman–Crippen LogP) is 6.80. The molecule has 3 aromatic rings. The third kappa shape index (κ3) is 5.11. The van der Waals surface area contributed by atoms with Crippen LogP contribution in [0.1, 0.15) is 12.5 Å². The van der Waals surface area contributed by atoms with Crippen LogP contribution < -0.4 is 4.74 Å². The van der Waals surface area contributed by atoms with Crippen LogP contribution in [0.15, 0.2) is 107 Å². The number of hydrogen-bond acceptors (Lipinski definition) is 3. The van der Waals surface area contributed by atoms with Gasteiger partial charge in [-0.1, -0.05) is 66.4 Å². The fourth-order valence-corrected chi connectivity index (χ4v) is 3.18. The zero-order valence-corrected chi connectivity index (χ0v) is 15.7. The summed E-state index contributed by atoms with van der Waals surface area (Å²) in [6, 6.07) is 28.2. The van der Waals surface area contributed by atoms with Crippen LogP contribution in [-0.4, -0.2) is 5.04 Å². The van der Waals surface area contributed by atoms with E-state index in [0.29, 0.717) is 0 Å². The maximum absolute atomic E-state index is 5.90. The summed E-state index contributed by atoms with van der Waals surface area (Å²) in [4.78, 5) is 5.96. The highest BCUT2D eigenvalue weighted by molar-refractivity contribution is 8.14. The number of hydrogen-bond donors (Lipinski definition) is 0. The van der Waals surface area contributed by atoms with Crippen molar-refractivity contribution in [2.75, 3.05) is 0 Å². The van der Waals surface area contributed by atoms with Crippen LogP contribution in [0.2, 0.25) is 0 Å². The molecule has 0 aliphatic carbocycles. The number of benzene rings is 3. The SMILES string of the molecule is CC(=COc1ccccc1C)C(=Nc1ccccc1)Sc1ccccc1. The van der Waals surface area contributed by atoms with Crippen molar-refractivity contribution in [2.24, 2.45) is 4.99 Å². The monoisotopic (exact) mass is 359 g/mol. The Kier molecular flexibility index (Phi) is 6.29. The van der Waals surface area contributed by atoms with E-state index in [2.05, 4.69) is 12.1 Å². The summed E-state index contributed by atoms with van der Waals surface area (Å²) in [5.74, 6) is 0.857. The second-order valence-electron chi connectivity index (χ2n) is 5.85. The second kappa shape index (κ2) is 9.07. The fourth-order valence-electron chi connectivity index (χ4n) is 2.30. The van der Waals surface area contributed by atoms with Crippen LogP contribution in [0.4, 0.5) is 5.69 Å². The molecular weight excluding hydrogens is 338 g/mol. The highest BCUT2D eigenvalue weighted by Crippen LogP contribution is 2.27. The molecule has 0 bridgehead atoms. The summed E-state index contributed by atoms with van der Waals surface area (Å²) >= 11 is 1.63. The number of thioether (sulfide) groups is 1. The fraction of sp³-hybridized carbons (Fsp3) is 0.0870. The van der Waals surface area contributed by atoms with Crippen molar-refractivity contribution in [2.45, 2.75) is 18.7 Å². The summed E-state index contributed by atoms with van der Waals surface area (Å²) in [5, 5.41) is 0.913. The zero-order chi connectivity index (χ0) is 18.2. The third-order valence-electron chi connectivity index (χ3n) is 3.74. The molecule has 3 heteroatoms. The van der Waals surface area contributed by atoms with Gasteiger partial charge in [-0.2, -0.15) is 0 Å². The molecule has 0 fully saturated rings. The topological polar surface area (TPSA) is 21.6 Å². The molecule has 2 nitrogen and oxygen atoms in total. The van der Waals surface area contributed by atoms with Gasteiger partial charge in [0.05, 0.1) is 11.9 Å². The van der Waals surface area contributed by atoms with Gasteiger partial charge in [0.25, 0.3) is 0 Å². The number of nitrogens with zero attached hydrogens (tertiary/aromatic N) is 1. The molecule has 0 aliphatic heterocycles. The maximum atomic E-state index is 5.90. The van der Waals surface area contributed by atoms with Gasteiger partial charge in [-0.3, -0.25) is 0 Å². The van der Waals surface area contributed by atoms with Crippen LogP contribution >= 0.6 is 11.8 Å². The molecule has 0 spiro atoms. The van der Waals surface area contributed by atoms with Crippen LogP contribution in [-0.2, 0) is 0 Å². The Bertz CT molecular complexity index is 902. The van der Waals surface area contributed by atoms with Gasteiger partial charge in [0, 0.05) is 10.5 Å². The van der Waals surface area contributed by atoms with E-state index < -0.39 is 0 Å². The lowest BCUT2D eigenvalue weighted by Gasteiger charge is -2.09. The molecular formula is C23H21NOS. The number of rotatable bonds is 5. The largest absolute Gasteiger partial charge is 0.464 e. The lowest BCUT2D eigenvalue weighted by atomic mass is 10.2. The van der Waals surface area contributed by atoms with Gasteiger partial charge < -0.3 is 4.74 Å². The summed E-state index contributed by atoms with van der Waals surface area (Å²) in [6.07, 6.45) is 1.78. The Morgan fingerprint density at radius 2 is 1.46 bits per heavy atom. The molecule has 0 saturated carbocycles. The number of ether oxygens (including phenoxy) is 1. The van der Waals surface area contributed by atoms with Gasteiger partial charge in [0.1, 0.15) is 10.8 Å². The molecule has 26 heavy (non-hydrogen) atoms. The summed E-state index contributed by atoms with van der Waals surface area (Å²) < 4.78 is 5.90. The van der Waals surface area contributed by atoms with E-state index in [1.807, 2.05) is 86.6 Å². The summed E-state index contributed by atoms with van der Waals surface area (Å²) in [5.41, 5.74) is 3.01. The smallest absolute Gasteiger partial charge is 0.129 e.